The number of nitrogens with one attached hydrogen (secondary N) is 1. The summed E-state index contributed by atoms with van der Waals surface area (Å²) in [5.74, 6) is -0.601. The Kier molecular flexibility index (Phi) is 29.4. The van der Waals surface area contributed by atoms with E-state index < -0.39 is 36.9 Å². The Labute approximate surface area is 253 Å². The molecule has 0 aliphatic heterocycles. The van der Waals surface area contributed by atoms with E-state index in [0.717, 1.165) is 38.5 Å². The topological polar surface area (TPSA) is 110 Å². The van der Waals surface area contributed by atoms with Gasteiger partial charge >= 0.3 is 0 Å². The molecule has 0 fully saturated rings. The van der Waals surface area contributed by atoms with Crippen molar-refractivity contribution in [3.8, 4) is 0 Å². The zero-order chi connectivity index (χ0) is 30.4. The zero-order valence-corrected chi connectivity index (χ0v) is 26.8. The van der Waals surface area contributed by atoms with Crippen molar-refractivity contribution in [3.05, 3.63) is 24.3 Å². The number of allylic oxidation sites excluding steroid dienone is 4. The highest BCUT2D eigenvalue weighted by Gasteiger charge is 2.28. The molecule has 6 nitrogen and oxygen atoms in total. The number of aliphatic hydroxyl groups is 4. The van der Waals surface area contributed by atoms with Gasteiger partial charge in [0.1, 0.15) is 12.2 Å². The summed E-state index contributed by atoms with van der Waals surface area (Å²) in [6.07, 6.45) is 30.5. The Bertz CT molecular complexity index is 624. The molecule has 0 bridgehead atoms. The second-order valence-electron chi connectivity index (χ2n) is 11.8. The monoisotopic (exact) mass is 582 g/mol. The highest BCUT2D eigenvalue weighted by Crippen LogP contribution is 2.14. The van der Waals surface area contributed by atoms with Crippen LogP contribution in [0.15, 0.2) is 24.3 Å². The van der Waals surface area contributed by atoms with Crippen molar-refractivity contribution in [3.63, 3.8) is 0 Å². The summed E-state index contributed by atoms with van der Waals surface area (Å²) in [5, 5.41) is 43.2. The predicted molar refractivity (Wildman–Crippen MR) is 173 cm³/mol. The summed E-state index contributed by atoms with van der Waals surface area (Å²) in [7, 11) is 0. The number of rotatable bonds is 30. The van der Waals surface area contributed by atoms with Crippen LogP contribution in [0.1, 0.15) is 162 Å². The number of hydrogen-bond acceptors (Lipinski definition) is 5. The summed E-state index contributed by atoms with van der Waals surface area (Å²) >= 11 is 0. The highest BCUT2D eigenvalue weighted by molar-refractivity contribution is 5.80. The van der Waals surface area contributed by atoms with Gasteiger partial charge in [0.05, 0.1) is 18.8 Å². The molecule has 41 heavy (non-hydrogen) atoms. The van der Waals surface area contributed by atoms with Crippen molar-refractivity contribution >= 4 is 5.91 Å². The lowest BCUT2D eigenvalue weighted by Crippen LogP contribution is -2.53. The minimum Gasteiger partial charge on any atom is -0.394 e. The first-order chi connectivity index (χ1) is 20.0. The van der Waals surface area contributed by atoms with Crippen LogP contribution < -0.4 is 5.32 Å². The van der Waals surface area contributed by atoms with Crippen LogP contribution in [0.25, 0.3) is 0 Å². The predicted octanol–water partition coefficient (Wildman–Crippen LogP) is 7.67. The Morgan fingerprint density at radius 3 is 1.54 bits per heavy atom. The van der Waals surface area contributed by atoms with E-state index in [-0.39, 0.29) is 0 Å². The van der Waals surface area contributed by atoms with Gasteiger partial charge in [-0.3, -0.25) is 4.79 Å². The van der Waals surface area contributed by atoms with Crippen molar-refractivity contribution in [2.45, 2.75) is 186 Å². The summed E-state index contributed by atoms with van der Waals surface area (Å²) in [4.78, 5) is 12.4. The fourth-order valence-corrected chi connectivity index (χ4v) is 5.06. The van der Waals surface area contributed by atoms with E-state index >= 15 is 0 Å². The smallest absolute Gasteiger partial charge is 0.249 e. The molecule has 0 saturated heterocycles. The quantitative estimate of drug-likeness (QED) is 0.0442. The first kappa shape index (κ1) is 39.8. The summed E-state index contributed by atoms with van der Waals surface area (Å²) in [6, 6.07) is -1.00. The van der Waals surface area contributed by atoms with Crippen molar-refractivity contribution in [2.75, 3.05) is 6.61 Å². The third-order valence-electron chi connectivity index (χ3n) is 7.89. The summed E-state index contributed by atoms with van der Waals surface area (Å²) < 4.78 is 0. The third kappa shape index (κ3) is 25.0. The molecular weight excluding hydrogens is 514 g/mol. The molecule has 0 aliphatic carbocycles. The Morgan fingerprint density at radius 2 is 1.02 bits per heavy atom. The second-order valence-corrected chi connectivity index (χ2v) is 11.8. The van der Waals surface area contributed by atoms with Crippen LogP contribution in [-0.2, 0) is 4.79 Å². The van der Waals surface area contributed by atoms with Gasteiger partial charge in [0.2, 0.25) is 5.91 Å². The van der Waals surface area contributed by atoms with Gasteiger partial charge in [-0.05, 0) is 51.4 Å². The normalized spacial score (nSPS) is 15.0. The molecular formula is C35H67NO5. The van der Waals surface area contributed by atoms with Gasteiger partial charge in [0, 0.05) is 0 Å². The number of carbonyl (C=O) groups is 1. The molecule has 5 N–H and O–H groups in total. The van der Waals surface area contributed by atoms with E-state index in [1.54, 1.807) is 0 Å². The molecule has 1 amide bonds. The molecule has 0 saturated carbocycles. The molecule has 6 heteroatoms. The number of carbonyl (C=O) groups excluding carboxylic acids is 1. The van der Waals surface area contributed by atoms with E-state index in [4.69, 9.17) is 0 Å². The largest absolute Gasteiger partial charge is 0.394 e. The SMILES string of the molecule is CCCCCCC/C=C/CC/C=C/CCCC(O)C(O)C(CO)NC(=O)C(O)CCCCCCCCCCCCC. The molecule has 0 aromatic rings. The van der Waals surface area contributed by atoms with Gasteiger partial charge in [0.25, 0.3) is 0 Å². The van der Waals surface area contributed by atoms with E-state index in [9.17, 15) is 25.2 Å². The second kappa shape index (κ2) is 30.3. The van der Waals surface area contributed by atoms with Crippen molar-refractivity contribution in [1.82, 2.24) is 5.32 Å². The lowest BCUT2D eigenvalue weighted by atomic mass is 10.00. The van der Waals surface area contributed by atoms with Gasteiger partial charge in [0.15, 0.2) is 0 Å². The fourth-order valence-electron chi connectivity index (χ4n) is 5.06. The van der Waals surface area contributed by atoms with Crippen LogP contribution in [-0.4, -0.2) is 57.3 Å². The average molecular weight is 582 g/mol. The maximum atomic E-state index is 12.4. The maximum absolute atomic E-state index is 12.4. The number of hydrogen-bond donors (Lipinski definition) is 5. The first-order valence-corrected chi connectivity index (χ1v) is 17.2. The summed E-state index contributed by atoms with van der Waals surface area (Å²) in [6.45, 7) is 3.97. The van der Waals surface area contributed by atoms with E-state index in [0.29, 0.717) is 19.3 Å². The van der Waals surface area contributed by atoms with E-state index in [1.807, 2.05) is 0 Å². The molecule has 0 aromatic heterocycles. The van der Waals surface area contributed by atoms with Crippen molar-refractivity contribution < 1.29 is 25.2 Å². The Hall–Kier alpha value is -1.21. The Morgan fingerprint density at radius 1 is 0.585 bits per heavy atom. The lowest BCUT2D eigenvalue weighted by molar-refractivity contribution is -0.132. The molecule has 4 unspecified atom stereocenters. The fraction of sp³-hybridized carbons (Fsp3) is 0.857. The maximum Gasteiger partial charge on any atom is 0.249 e. The molecule has 0 radical (unpaired) electrons. The molecule has 4 atom stereocenters. The minimum absolute atomic E-state index is 0.362. The number of unbranched alkanes of at least 4 members (excludes halogenated alkanes) is 17. The standard InChI is InChI=1S/C35H67NO5/c1-3-5-7-9-11-13-15-16-17-19-20-22-24-26-28-32(38)34(40)31(30-37)36-35(41)33(39)29-27-25-23-21-18-14-12-10-8-6-4-2/h15-16,20,22,31-34,37-40H,3-14,17-19,21,23-30H2,1-2H3,(H,36,41)/b16-15+,22-20+. The average Bonchev–Trinajstić information content (AvgIpc) is 2.98. The number of amides is 1. The van der Waals surface area contributed by atoms with Crippen LogP contribution in [0, 0.1) is 0 Å². The van der Waals surface area contributed by atoms with Gasteiger partial charge < -0.3 is 25.7 Å². The Balaban J connectivity index is 3.94. The molecule has 0 heterocycles. The third-order valence-corrected chi connectivity index (χ3v) is 7.89. The van der Waals surface area contributed by atoms with Crippen LogP contribution in [0.5, 0.6) is 0 Å². The zero-order valence-electron chi connectivity index (χ0n) is 26.8. The van der Waals surface area contributed by atoms with Crippen LogP contribution in [0.3, 0.4) is 0 Å². The number of aliphatic hydroxyl groups excluding tert-OH is 4. The summed E-state index contributed by atoms with van der Waals surface area (Å²) in [5.41, 5.74) is 0. The highest BCUT2D eigenvalue weighted by atomic mass is 16.3. The first-order valence-electron chi connectivity index (χ1n) is 17.2. The van der Waals surface area contributed by atoms with Crippen molar-refractivity contribution in [1.29, 1.82) is 0 Å². The van der Waals surface area contributed by atoms with Gasteiger partial charge in [-0.15, -0.1) is 0 Å². The van der Waals surface area contributed by atoms with Crippen LogP contribution in [0.2, 0.25) is 0 Å². The van der Waals surface area contributed by atoms with Gasteiger partial charge in [-0.1, -0.05) is 134 Å². The molecule has 0 rings (SSSR count). The lowest BCUT2D eigenvalue weighted by Gasteiger charge is -2.27. The van der Waals surface area contributed by atoms with E-state index in [2.05, 4.69) is 43.5 Å². The molecule has 0 aliphatic rings. The van der Waals surface area contributed by atoms with Crippen LogP contribution >= 0.6 is 0 Å². The molecule has 0 spiro atoms. The van der Waals surface area contributed by atoms with Crippen molar-refractivity contribution in [2.24, 2.45) is 0 Å². The molecule has 242 valence electrons. The van der Waals surface area contributed by atoms with Gasteiger partial charge in [-0.2, -0.15) is 0 Å². The van der Waals surface area contributed by atoms with Crippen LogP contribution in [0.4, 0.5) is 0 Å². The van der Waals surface area contributed by atoms with Gasteiger partial charge in [-0.25, -0.2) is 0 Å². The minimum atomic E-state index is -1.28. The molecule has 0 aromatic carbocycles. The van der Waals surface area contributed by atoms with E-state index in [1.165, 1.54) is 89.9 Å².